The Bertz CT molecular complexity index is 224. The number of hydrogen-bond acceptors (Lipinski definition) is 3. The van der Waals surface area contributed by atoms with E-state index in [0.717, 1.165) is 0 Å². The zero-order valence-electron chi connectivity index (χ0n) is 6.95. The van der Waals surface area contributed by atoms with E-state index in [1.54, 1.807) is 6.92 Å². The van der Waals surface area contributed by atoms with Gasteiger partial charge < -0.3 is 4.79 Å². The van der Waals surface area contributed by atoms with Gasteiger partial charge in [0.1, 0.15) is 6.29 Å². The van der Waals surface area contributed by atoms with Crippen LogP contribution in [0.4, 0.5) is 0 Å². The molecule has 0 aromatic rings. The lowest BCUT2D eigenvalue weighted by molar-refractivity contribution is -0.139. The van der Waals surface area contributed by atoms with Crippen molar-refractivity contribution in [3.05, 3.63) is 0 Å². The van der Waals surface area contributed by atoms with Crippen LogP contribution in [0.2, 0.25) is 0 Å². The lowest BCUT2D eigenvalue weighted by Crippen LogP contribution is -2.31. The monoisotopic (exact) mass is 169 g/mol. The van der Waals surface area contributed by atoms with Gasteiger partial charge in [0, 0.05) is 25.3 Å². The first-order valence-electron chi connectivity index (χ1n) is 3.94. The van der Waals surface area contributed by atoms with Gasteiger partial charge in [-0.15, -0.1) is 0 Å². The Hall–Kier alpha value is -1.19. The minimum Gasteiger partial charge on any atom is -0.303 e. The van der Waals surface area contributed by atoms with Gasteiger partial charge in [-0.3, -0.25) is 14.5 Å². The fraction of sp³-hybridized carbons (Fsp3) is 0.625. The number of imide groups is 1. The van der Waals surface area contributed by atoms with Crippen molar-refractivity contribution in [2.45, 2.75) is 19.8 Å². The van der Waals surface area contributed by atoms with Gasteiger partial charge >= 0.3 is 0 Å². The first-order valence-corrected chi connectivity index (χ1v) is 3.94. The van der Waals surface area contributed by atoms with Crippen LogP contribution in [0.3, 0.4) is 0 Å². The van der Waals surface area contributed by atoms with E-state index in [0.29, 0.717) is 6.29 Å². The molecule has 4 nitrogen and oxygen atoms in total. The quantitative estimate of drug-likeness (QED) is 0.440. The summed E-state index contributed by atoms with van der Waals surface area (Å²) in [7, 11) is 0. The van der Waals surface area contributed by atoms with Crippen molar-refractivity contribution >= 4 is 18.1 Å². The third-order valence-electron chi connectivity index (χ3n) is 1.94. The van der Waals surface area contributed by atoms with E-state index in [9.17, 15) is 14.4 Å². The summed E-state index contributed by atoms with van der Waals surface area (Å²) in [6.07, 6.45) is 1.24. The number of rotatable bonds is 3. The number of likely N-dealkylation sites (tertiary alicyclic amines) is 1. The standard InChI is InChI=1S/C8H11NO3/c1-6-5-7(11)9(8(6)12)3-2-4-10/h4,6H,2-3,5H2,1H3. The lowest BCUT2D eigenvalue weighted by Gasteiger charge is -2.11. The SMILES string of the molecule is CC1CC(=O)N(CCC=O)C1=O. The van der Waals surface area contributed by atoms with Gasteiger partial charge in [-0.1, -0.05) is 6.92 Å². The molecule has 0 N–H and O–H groups in total. The maximum atomic E-state index is 11.2. The molecular weight excluding hydrogens is 158 g/mol. The summed E-state index contributed by atoms with van der Waals surface area (Å²) in [5.74, 6) is -0.514. The van der Waals surface area contributed by atoms with Crippen molar-refractivity contribution in [2.24, 2.45) is 5.92 Å². The summed E-state index contributed by atoms with van der Waals surface area (Å²) in [5.41, 5.74) is 0. The van der Waals surface area contributed by atoms with Crippen LogP contribution in [0.25, 0.3) is 0 Å². The minimum atomic E-state index is -0.204. The van der Waals surface area contributed by atoms with E-state index in [4.69, 9.17) is 0 Å². The molecule has 0 radical (unpaired) electrons. The molecule has 0 bridgehead atoms. The maximum absolute atomic E-state index is 11.2. The molecule has 1 atom stereocenters. The van der Waals surface area contributed by atoms with Gasteiger partial charge in [0.2, 0.25) is 11.8 Å². The molecule has 1 aliphatic rings. The second kappa shape index (κ2) is 3.47. The minimum absolute atomic E-state index is 0.151. The van der Waals surface area contributed by atoms with E-state index in [1.807, 2.05) is 0 Å². The van der Waals surface area contributed by atoms with Crippen molar-refractivity contribution < 1.29 is 14.4 Å². The maximum Gasteiger partial charge on any atom is 0.232 e. The fourth-order valence-corrected chi connectivity index (χ4v) is 1.27. The predicted molar refractivity (Wildman–Crippen MR) is 41.2 cm³/mol. The second-order valence-corrected chi connectivity index (χ2v) is 2.94. The summed E-state index contributed by atoms with van der Waals surface area (Å²) >= 11 is 0. The van der Waals surface area contributed by atoms with Gasteiger partial charge in [-0.05, 0) is 0 Å². The van der Waals surface area contributed by atoms with Crippen molar-refractivity contribution in [3.8, 4) is 0 Å². The summed E-state index contributed by atoms with van der Waals surface area (Å²) < 4.78 is 0. The summed E-state index contributed by atoms with van der Waals surface area (Å²) in [5, 5.41) is 0. The summed E-state index contributed by atoms with van der Waals surface area (Å²) in [6.45, 7) is 1.96. The average Bonchev–Trinajstić information content (AvgIpc) is 2.25. The van der Waals surface area contributed by atoms with Crippen LogP contribution in [-0.4, -0.2) is 29.5 Å². The third kappa shape index (κ3) is 1.52. The first kappa shape index (κ1) is 8.90. The Morgan fingerprint density at radius 2 is 2.25 bits per heavy atom. The number of hydrogen-bond donors (Lipinski definition) is 0. The molecule has 1 fully saturated rings. The molecule has 1 unspecified atom stereocenters. The van der Waals surface area contributed by atoms with Crippen LogP contribution in [-0.2, 0) is 14.4 Å². The molecule has 12 heavy (non-hydrogen) atoms. The van der Waals surface area contributed by atoms with E-state index in [2.05, 4.69) is 0 Å². The third-order valence-corrected chi connectivity index (χ3v) is 1.94. The Morgan fingerprint density at radius 1 is 1.58 bits per heavy atom. The first-order chi connectivity index (χ1) is 5.66. The van der Waals surface area contributed by atoms with Crippen LogP contribution >= 0.6 is 0 Å². The molecule has 2 amide bonds. The Balaban J connectivity index is 2.57. The van der Waals surface area contributed by atoms with Crippen LogP contribution in [0.1, 0.15) is 19.8 Å². The Labute approximate surface area is 70.5 Å². The highest BCUT2D eigenvalue weighted by Crippen LogP contribution is 2.18. The van der Waals surface area contributed by atoms with Crippen molar-refractivity contribution in [1.29, 1.82) is 0 Å². The van der Waals surface area contributed by atoms with Crippen LogP contribution < -0.4 is 0 Å². The van der Waals surface area contributed by atoms with Crippen LogP contribution in [0.5, 0.6) is 0 Å². The molecular formula is C8H11NO3. The van der Waals surface area contributed by atoms with E-state index in [-0.39, 0.29) is 37.1 Å². The molecule has 1 heterocycles. The highest BCUT2D eigenvalue weighted by atomic mass is 16.2. The summed E-state index contributed by atoms with van der Waals surface area (Å²) in [6, 6.07) is 0. The number of aldehydes is 1. The van der Waals surface area contributed by atoms with Crippen LogP contribution in [0.15, 0.2) is 0 Å². The fourth-order valence-electron chi connectivity index (χ4n) is 1.27. The van der Waals surface area contributed by atoms with E-state index in [1.165, 1.54) is 4.90 Å². The van der Waals surface area contributed by atoms with Gasteiger partial charge in [0.05, 0.1) is 0 Å². The highest BCUT2D eigenvalue weighted by molar-refractivity contribution is 6.03. The zero-order chi connectivity index (χ0) is 9.14. The largest absolute Gasteiger partial charge is 0.303 e. The molecule has 0 spiro atoms. The van der Waals surface area contributed by atoms with Crippen molar-refractivity contribution in [1.82, 2.24) is 4.90 Å². The predicted octanol–water partition coefficient (Wildman–Crippen LogP) is -0.0296. The average molecular weight is 169 g/mol. The van der Waals surface area contributed by atoms with Crippen molar-refractivity contribution in [2.75, 3.05) is 6.54 Å². The van der Waals surface area contributed by atoms with Crippen LogP contribution in [0, 0.1) is 5.92 Å². The Kier molecular flexibility index (Phi) is 2.58. The molecule has 1 rings (SSSR count). The number of carbonyl (C=O) groups is 3. The molecule has 4 heteroatoms. The lowest BCUT2D eigenvalue weighted by atomic mass is 10.1. The molecule has 0 aromatic heterocycles. The normalized spacial score (nSPS) is 23.4. The highest BCUT2D eigenvalue weighted by Gasteiger charge is 2.34. The van der Waals surface area contributed by atoms with Crippen molar-refractivity contribution in [3.63, 3.8) is 0 Å². The summed E-state index contributed by atoms with van der Waals surface area (Å²) in [4.78, 5) is 33.5. The zero-order valence-corrected chi connectivity index (χ0v) is 6.95. The number of nitrogens with zero attached hydrogens (tertiary/aromatic N) is 1. The Morgan fingerprint density at radius 3 is 2.67 bits per heavy atom. The second-order valence-electron chi connectivity index (χ2n) is 2.94. The molecule has 1 saturated heterocycles. The molecule has 0 aliphatic carbocycles. The molecule has 0 saturated carbocycles. The topological polar surface area (TPSA) is 54.5 Å². The molecule has 1 aliphatic heterocycles. The van der Waals surface area contributed by atoms with Gasteiger partial charge in [-0.2, -0.15) is 0 Å². The molecule has 0 aromatic carbocycles. The molecule has 66 valence electrons. The van der Waals surface area contributed by atoms with E-state index < -0.39 is 0 Å². The number of amides is 2. The van der Waals surface area contributed by atoms with Gasteiger partial charge in [-0.25, -0.2) is 0 Å². The van der Waals surface area contributed by atoms with Gasteiger partial charge in [0.25, 0.3) is 0 Å². The smallest absolute Gasteiger partial charge is 0.232 e. The van der Waals surface area contributed by atoms with Gasteiger partial charge in [0.15, 0.2) is 0 Å². The number of carbonyl (C=O) groups excluding carboxylic acids is 3. The van der Waals surface area contributed by atoms with E-state index >= 15 is 0 Å².